The molecule has 1 aliphatic rings. The van der Waals surface area contributed by atoms with E-state index in [-0.39, 0.29) is 18.3 Å². The summed E-state index contributed by atoms with van der Waals surface area (Å²) in [7, 11) is 0. The highest BCUT2D eigenvalue weighted by atomic mass is 35.5. The van der Waals surface area contributed by atoms with E-state index in [4.69, 9.17) is 0 Å². The summed E-state index contributed by atoms with van der Waals surface area (Å²) in [6.07, 6.45) is 3.09. The zero-order valence-electron chi connectivity index (χ0n) is 13.9. The number of carbonyl (C=O) groups excluding carboxylic acids is 1. The van der Waals surface area contributed by atoms with Gasteiger partial charge in [-0.15, -0.1) is 23.7 Å². The van der Waals surface area contributed by atoms with Crippen molar-refractivity contribution in [3.05, 3.63) is 51.5 Å². The second-order valence-electron chi connectivity index (χ2n) is 5.99. The van der Waals surface area contributed by atoms with Gasteiger partial charge in [0, 0.05) is 10.9 Å². The molecule has 1 saturated heterocycles. The van der Waals surface area contributed by atoms with Gasteiger partial charge < -0.3 is 10.6 Å². The van der Waals surface area contributed by atoms with Crippen LogP contribution in [-0.2, 0) is 19.4 Å². The highest BCUT2D eigenvalue weighted by Gasteiger charge is 2.18. The van der Waals surface area contributed by atoms with Crippen molar-refractivity contribution < 1.29 is 4.79 Å². The van der Waals surface area contributed by atoms with Crippen LogP contribution in [-0.4, -0.2) is 24.0 Å². The molecule has 0 saturated carbocycles. The average molecular weight is 366 g/mol. The largest absolute Gasteiger partial charge is 0.346 e. The van der Waals surface area contributed by atoms with Gasteiger partial charge in [-0.2, -0.15) is 0 Å². The third-order valence-electron chi connectivity index (χ3n) is 4.29. The number of aryl methyl sites for hydroxylation is 1. The third-order valence-corrected chi connectivity index (χ3v) is 5.19. The van der Waals surface area contributed by atoms with Crippen molar-refractivity contribution in [2.45, 2.75) is 32.7 Å². The van der Waals surface area contributed by atoms with Crippen molar-refractivity contribution in [2.24, 2.45) is 5.92 Å². The lowest BCUT2D eigenvalue weighted by molar-refractivity contribution is 0.0949. The number of amides is 1. The molecular formula is C18H24ClN3OS. The first-order valence-electron chi connectivity index (χ1n) is 8.26. The SMILES string of the molecule is CCc1csc(CNC(=O)c2ccccc2CC2CCNC2)n1.Cl. The topological polar surface area (TPSA) is 54.0 Å². The summed E-state index contributed by atoms with van der Waals surface area (Å²) < 4.78 is 0. The van der Waals surface area contributed by atoms with Crippen LogP contribution in [0.1, 0.15) is 40.0 Å². The van der Waals surface area contributed by atoms with E-state index in [1.807, 2.05) is 18.2 Å². The van der Waals surface area contributed by atoms with E-state index in [0.717, 1.165) is 47.8 Å². The molecule has 0 spiro atoms. The fraction of sp³-hybridized carbons (Fsp3) is 0.444. The smallest absolute Gasteiger partial charge is 0.251 e. The number of benzene rings is 1. The molecular weight excluding hydrogens is 342 g/mol. The summed E-state index contributed by atoms with van der Waals surface area (Å²) in [5.41, 5.74) is 3.03. The van der Waals surface area contributed by atoms with Crippen LogP contribution in [0.15, 0.2) is 29.6 Å². The van der Waals surface area contributed by atoms with Crippen molar-refractivity contribution in [3.8, 4) is 0 Å². The van der Waals surface area contributed by atoms with E-state index in [1.54, 1.807) is 11.3 Å². The molecule has 1 unspecified atom stereocenters. The molecule has 0 radical (unpaired) electrons. The molecule has 2 aromatic rings. The lowest BCUT2D eigenvalue weighted by atomic mass is 9.94. The Labute approximate surface area is 153 Å². The fourth-order valence-corrected chi connectivity index (χ4v) is 3.78. The molecule has 1 aromatic carbocycles. The van der Waals surface area contributed by atoms with E-state index >= 15 is 0 Å². The van der Waals surface area contributed by atoms with Gasteiger partial charge in [0.2, 0.25) is 0 Å². The molecule has 6 heteroatoms. The highest BCUT2D eigenvalue weighted by Crippen LogP contribution is 2.19. The van der Waals surface area contributed by atoms with Crippen molar-refractivity contribution in [2.75, 3.05) is 13.1 Å². The summed E-state index contributed by atoms with van der Waals surface area (Å²) in [6, 6.07) is 7.95. The summed E-state index contributed by atoms with van der Waals surface area (Å²) in [5, 5.41) is 9.42. The number of aromatic nitrogens is 1. The Morgan fingerprint density at radius 3 is 2.96 bits per heavy atom. The molecule has 24 heavy (non-hydrogen) atoms. The van der Waals surface area contributed by atoms with Gasteiger partial charge in [0.15, 0.2) is 0 Å². The van der Waals surface area contributed by atoms with Gasteiger partial charge in [0.25, 0.3) is 5.91 Å². The minimum absolute atomic E-state index is 0. The zero-order chi connectivity index (χ0) is 16.1. The molecule has 4 nitrogen and oxygen atoms in total. The number of nitrogens with zero attached hydrogens (tertiary/aromatic N) is 1. The summed E-state index contributed by atoms with van der Waals surface area (Å²) in [5.74, 6) is 0.634. The Morgan fingerprint density at radius 2 is 2.25 bits per heavy atom. The zero-order valence-corrected chi connectivity index (χ0v) is 15.5. The Kier molecular flexibility index (Phi) is 7.21. The van der Waals surface area contributed by atoms with Gasteiger partial charge in [-0.1, -0.05) is 25.1 Å². The van der Waals surface area contributed by atoms with E-state index < -0.39 is 0 Å². The van der Waals surface area contributed by atoms with Crippen molar-refractivity contribution in [1.29, 1.82) is 0 Å². The van der Waals surface area contributed by atoms with Crippen molar-refractivity contribution >= 4 is 29.7 Å². The number of nitrogens with one attached hydrogen (secondary N) is 2. The molecule has 2 N–H and O–H groups in total. The number of thiazole rings is 1. The van der Waals surface area contributed by atoms with Crippen LogP contribution < -0.4 is 10.6 Å². The minimum atomic E-state index is -0.000181. The summed E-state index contributed by atoms with van der Waals surface area (Å²) >= 11 is 1.61. The van der Waals surface area contributed by atoms with Crippen LogP contribution in [0.2, 0.25) is 0 Å². The second kappa shape index (κ2) is 9.16. The number of carbonyl (C=O) groups is 1. The highest BCUT2D eigenvalue weighted by molar-refractivity contribution is 7.09. The number of hydrogen-bond acceptors (Lipinski definition) is 4. The van der Waals surface area contributed by atoms with Crippen LogP contribution in [0.3, 0.4) is 0 Å². The van der Waals surface area contributed by atoms with Gasteiger partial charge in [0.1, 0.15) is 5.01 Å². The maximum absolute atomic E-state index is 12.5. The Bertz CT molecular complexity index is 668. The minimum Gasteiger partial charge on any atom is -0.346 e. The van der Waals surface area contributed by atoms with Gasteiger partial charge in [-0.05, 0) is 49.9 Å². The molecule has 2 heterocycles. The summed E-state index contributed by atoms with van der Waals surface area (Å²) in [6.45, 7) is 4.73. The molecule has 1 fully saturated rings. The van der Waals surface area contributed by atoms with Gasteiger partial charge in [-0.25, -0.2) is 4.98 Å². The lowest BCUT2D eigenvalue weighted by Gasteiger charge is -2.13. The van der Waals surface area contributed by atoms with Gasteiger partial charge in [0.05, 0.1) is 12.2 Å². The first kappa shape index (κ1) is 18.9. The molecule has 1 atom stereocenters. The van der Waals surface area contributed by atoms with Crippen LogP contribution >= 0.6 is 23.7 Å². The standard InChI is InChI=1S/C18H23N3OS.ClH/c1-2-15-12-23-17(21-15)11-20-18(22)16-6-4-3-5-14(16)9-13-7-8-19-10-13;/h3-6,12-13,19H,2,7-11H2,1H3,(H,20,22);1H. The average Bonchev–Trinajstić information content (AvgIpc) is 3.24. The normalized spacial score (nSPS) is 16.6. The van der Waals surface area contributed by atoms with E-state index in [0.29, 0.717) is 12.5 Å². The molecule has 1 aliphatic heterocycles. The molecule has 1 amide bonds. The Balaban J connectivity index is 0.00000208. The molecule has 130 valence electrons. The van der Waals surface area contributed by atoms with Gasteiger partial charge >= 0.3 is 0 Å². The quantitative estimate of drug-likeness (QED) is 0.826. The molecule has 0 bridgehead atoms. The van der Waals surface area contributed by atoms with Gasteiger partial charge in [-0.3, -0.25) is 4.79 Å². The maximum atomic E-state index is 12.5. The van der Waals surface area contributed by atoms with Crippen LogP contribution in [0.4, 0.5) is 0 Å². The predicted molar refractivity (Wildman–Crippen MR) is 101 cm³/mol. The first-order chi connectivity index (χ1) is 11.3. The van der Waals surface area contributed by atoms with Crippen LogP contribution in [0, 0.1) is 5.92 Å². The lowest BCUT2D eigenvalue weighted by Crippen LogP contribution is -2.24. The fourth-order valence-electron chi connectivity index (χ4n) is 2.96. The van der Waals surface area contributed by atoms with Crippen molar-refractivity contribution in [3.63, 3.8) is 0 Å². The van der Waals surface area contributed by atoms with E-state index in [9.17, 15) is 4.79 Å². The second-order valence-corrected chi connectivity index (χ2v) is 6.93. The number of halogens is 1. The molecule has 1 aromatic heterocycles. The van der Waals surface area contributed by atoms with E-state index in [1.165, 1.54) is 6.42 Å². The number of hydrogen-bond donors (Lipinski definition) is 2. The third kappa shape index (κ3) is 4.79. The Hall–Kier alpha value is -1.43. The summed E-state index contributed by atoms with van der Waals surface area (Å²) in [4.78, 5) is 17.0. The monoisotopic (exact) mass is 365 g/mol. The molecule has 0 aliphatic carbocycles. The maximum Gasteiger partial charge on any atom is 0.251 e. The number of rotatable bonds is 6. The van der Waals surface area contributed by atoms with Crippen LogP contribution in [0.25, 0.3) is 0 Å². The Morgan fingerprint density at radius 1 is 1.42 bits per heavy atom. The van der Waals surface area contributed by atoms with Crippen molar-refractivity contribution in [1.82, 2.24) is 15.6 Å². The van der Waals surface area contributed by atoms with Crippen LogP contribution in [0.5, 0.6) is 0 Å². The first-order valence-corrected chi connectivity index (χ1v) is 9.14. The van der Waals surface area contributed by atoms with E-state index in [2.05, 4.69) is 34.0 Å². The molecule has 3 rings (SSSR count). The predicted octanol–water partition coefficient (Wildman–Crippen LogP) is 3.21.